The SMILES string of the molecule is CC(C)Oc1cncc(C(C)(C)CCN)c1. The Bertz CT molecular complexity index is 334. The largest absolute Gasteiger partial charge is 0.489 e. The first-order valence-corrected chi connectivity index (χ1v) is 5.78. The van der Waals surface area contributed by atoms with E-state index in [1.807, 2.05) is 20.0 Å². The van der Waals surface area contributed by atoms with Crippen LogP contribution in [0.5, 0.6) is 5.75 Å². The number of hydrogen-bond acceptors (Lipinski definition) is 3. The summed E-state index contributed by atoms with van der Waals surface area (Å²) in [6.45, 7) is 9.06. The van der Waals surface area contributed by atoms with Gasteiger partial charge in [0.15, 0.2) is 0 Å². The van der Waals surface area contributed by atoms with E-state index in [0.29, 0.717) is 6.54 Å². The molecule has 16 heavy (non-hydrogen) atoms. The molecule has 0 saturated heterocycles. The van der Waals surface area contributed by atoms with Crippen LogP contribution in [0.1, 0.15) is 39.7 Å². The molecule has 0 aliphatic carbocycles. The number of rotatable bonds is 5. The number of hydrogen-bond donors (Lipinski definition) is 1. The number of ether oxygens (including phenoxy) is 1. The fourth-order valence-electron chi connectivity index (χ4n) is 1.63. The van der Waals surface area contributed by atoms with E-state index in [0.717, 1.165) is 12.2 Å². The molecule has 1 aromatic rings. The van der Waals surface area contributed by atoms with Gasteiger partial charge in [0.25, 0.3) is 0 Å². The summed E-state index contributed by atoms with van der Waals surface area (Å²) in [5.41, 5.74) is 6.85. The van der Waals surface area contributed by atoms with Gasteiger partial charge in [-0.2, -0.15) is 0 Å². The highest BCUT2D eigenvalue weighted by molar-refractivity contribution is 5.29. The molecule has 3 nitrogen and oxygen atoms in total. The first-order chi connectivity index (χ1) is 7.45. The van der Waals surface area contributed by atoms with Crippen LogP contribution in [0, 0.1) is 0 Å². The first kappa shape index (κ1) is 13.0. The van der Waals surface area contributed by atoms with Crippen molar-refractivity contribution in [2.24, 2.45) is 5.73 Å². The van der Waals surface area contributed by atoms with Gasteiger partial charge in [0.2, 0.25) is 0 Å². The molecular formula is C13H22N2O. The lowest BCUT2D eigenvalue weighted by Crippen LogP contribution is -2.22. The van der Waals surface area contributed by atoms with Gasteiger partial charge in [0.05, 0.1) is 12.3 Å². The zero-order valence-electron chi connectivity index (χ0n) is 10.7. The number of nitrogens with zero attached hydrogens (tertiary/aromatic N) is 1. The van der Waals surface area contributed by atoms with Crippen molar-refractivity contribution in [3.05, 3.63) is 24.0 Å². The van der Waals surface area contributed by atoms with Crippen LogP contribution in [0.15, 0.2) is 18.5 Å². The Hall–Kier alpha value is -1.09. The molecule has 0 amide bonds. The second-order valence-electron chi connectivity index (χ2n) is 5.00. The second kappa shape index (κ2) is 5.30. The van der Waals surface area contributed by atoms with Gasteiger partial charge in [-0.1, -0.05) is 13.8 Å². The molecule has 1 aromatic heterocycles. The maximum absolute atomic E-state index is 5.63. The predicted octanol–water partition coefficient (Wildman–Crippen LogP) is 2.50. The number of aromatic nitrogens is 1. The molecule has 0 bridgehead atoms. The van der Waals surface area contributed by atoms with Crippen LogP contribution in [0.4, 0.5) is 0 Å². The van der Waals surface area contributed by atoms with Crippen LogP contribution in [-0.2, 0) is 5.41 Å². The van der Waals surface area contributed by atoms with Crippen molar-refractivity contribution in [2.75, 3.05) is 6.54 Å². The van der Waals surface area contributed by atoms with Crippen LogP contribution in [0.3, 0.4) is 0 Å². The molecule has 2 N–H and O–H groups in total. The second-order valence-corrected chi connectivity index (χ2v) is 5.00. The van der Waals surface area contributed by atoms with Crippen molar-refractivity contribution in [1.29, 1.82) is 0 Å². The van der Waals surface area contributed by atoms with E-state index in [9.17, 15) is 0 Å². The Kier molecular flexibility index (Phi) is 4.30. The van der Waals surface area contributed by atoms with E-state index in [1.54, 1.807) is 6.20 Å². The van der Waals surface area contributed by atoms with Crippen molar-refractivity contribution in [3.63, 3.8) is 0 Å². The highest BCUT2D eigenvalue weighted by Gasteiger charge is 2.20. The van der Waals surface area contributed by atoms with Crippen molar-refractivity contribution in [3.8, 4) is 5.75 Å². The predicted molar refractivity (Wildman–Crippen MR) is 66.7 cm³/mol. The van der Waals surface area contributed by atoms with Gasteiger partial charge in [-0.05, 0) is 43.9 Å². The summed E-state index contributed by atoms with van der Waals surface area (Å²) in [6, 6.07) is 2.06. The lowest BCUT2D eigenvalue weighted by atomic mass is 9.82. The van der Waals surface area contributed by atoms with Gasteiger partial charge < -0.3 is 10.5 Å². The Balaban J connectivity index is 2.89. The third-order valence-electron chi connectivity index (χ3n) is 2.64. The number of pyridine rings is 1. The molecule has 0 aliphatic rings. The maximum atomic E-state index is 5.63. The van der Waals surface area contributed by atoms with Gasteiger partial charge in [-0.15, -0.1) is 0 Å². The van der Waals surface area contributed by atoms with E-state index in [-0.39, 0.29) is 11.5 Å². The summed E-state index contributed by atoms with van der Waals surface area (Å²) in [5, 5.41) is 0. The molecule has 0 saturated carbocycles. The number of nitrogens with two attached hydrogens (primary N) is 1. The molecule has 90 valence electrons. The molecule has 0 fully saturated rings. The highest BCUT2D eigenvalue weighted by atomic mass is 16.5. The molecular weight excluding hydrogens is 200 g/mol. The van der Waals surface area contributed by atoms with Crippen LogP contribution in [0.2, 0.25) is 0 Å². The van der Waals surface area contributed by atoms with Crippen LogP contribution in [-0.4, -0.2) is 17.6 Å². The van der Waals surface area contributed by atoms with E-state index in [1.165, 1.54) is 5.56 Å². The third kappa shape index (κ3) is 3.49. The van der Waals surface area contributed by atoms with E-state index >= 15 is 0 Å². The van der Waals surface area contributed by atoms with Gasteiger partial charge in [-0.3, -0.25) is 4.98 Å². The first-order valence-electron chi connectivity index (χ1n) is 5.78. The summed E-state index contributed by atoms with van der Waals surface area (Å²) in [6.07, 6.45) is 4.76. The van der Waals surface area contributed by atoms with Crippen molar-refractivity contribution >= 4 is 0 Å². The summed E-state index contributed by atoms with van der Waals surface area (Å²) >= 11 is 0. The molecule has 0 radical (unpaired) electrons. The Morgan fingerprint density at radius 2 is 2.06 bits per heavy atom. The fraction of sp³-hybridized carbons (Fsp3) is 0.615. The standard InChI is InChI=1S/C13H22N2O/c1-10(2)16-12-7-11(8-15-9-12)13(3,4)5-6-14/h7-10H,5-6,14H2,1-4H3. The van der Waals surface area contributed by atoms with Crippen molar-refractivity contribution in [2.45, 2.75) is 45.6 Å². The molecule has 0 aliphatic heterocycles. The zero-order valence-corrected chi connectivity index (χ0v) is 10.7. The lowest BCUT2D eigenvalue weighted by molar-refractivity contribution is 0.240. The normalized spacial score (nSPS) is 11.9. The maximum Gasteiger partial charge on any atom is 0.138 e. The molecule has 1 heterocycles. The lowest BCUT2D eigenvalue weighted by Gasteiger charge is -2.24. The van der Waals surface area contributed by atoms with Crippen LogP contribution < -0.4 is 10.5 Å². The van der Waals surface area contributed by atoms with E-state index < -0.39 is 0 Å². The molecule has 3 heteroatoms. The van der Waals surface area contributed by atoms with Gasteiger partial charge in [-0.25, -0.2) is 0 Å². The van der Waals surface area contributed by atoms with Gasteiger partial charge in [0, 0.05) is 6.20 Å². The Morgan fingerprint density at radius 3 is 2.62 bits per heavy atom. The minimum atomic E-state index is 0.0537. The Labute approximate surface area is 98.0 Å². The average molecular weight is 222 g/mol. The summed E-state index contributed by atoms with van der Waals surface area (Å²) in [5.74, 6) is 0.831. The molecule has 0 atom stereocenters. The molecule has 0 unspecified atom stereocenters. The van der Waals surface area contributed by atoms with Crippen molar-refractivity contribution in [1.82, 2.24) is 4.98 Å². The topological polar surface area (TPSA) is 48.1 Å². The molecule has 1 rings (SSSR count). The Morgan fingerprint density at radius 1 is 1.38 bits per heavy atom. The summed E-state index contributed by atoms with van der Waals surface area (Å²) in [4.78, 5) is 4.22. The van der Waals surface area contributed by atoms with Crippen LogP contribution >= 0.6 is 0 Å². The third-order valence-corrected chi connectivity index (χ3v) is 2.64. The monoisotopic (exact) mass is 222 g/mol. The van der Waals surface area contributed by atoms with Gasteiger partial charge in [0.1, 0.15) is 5.75 Å². The zero-order chi connectivity index (χ0) is 12.2. The van der Waals surface area contributed by atoms with E-state index in [4.69, 9.17) is 10.5 Å². The minimum absolute atomic E-state index is 0.0537. The van der Waals surface area contributed by atoms with Crippen molar-refractivity contribution < 1.29 is 4.74 Å². The molecule has 0 spiro atoms. The van der Waals surface area contributed by atoms with E-state index in [2.05, 4.69) is 24.9 Å². The van der Waals surface area contributed by atoms with Crippen LogP contribution in [0.25, 0.3) is 0 Å². The smallest absolute Gasteiger partial charge is 0.138 e. The highest BCUT2D eigenvalue weighted by Crippen LogP contribution is 2.28. The fourth-order valence-corrected chi connectivity index (χ4v) is 1.63. The average Bonchev–Trinajstić information content (AvgIpc) is 2.17. The quantitative estimate of drug-likeness (QED) is 0.832. The summed E-state index contributed by atoms with van der Waals surface area (Å²) < 4.78 is 5.63. The van der Waals surface area contributed by atoms with Gasteiger partial charge >= 0.3 is 0 Å². The molecule has 0 aromatic carbocycles. The minimum Gasteiger partial charge on any atom is -0.489 e. The summed E-state index contributed by atoms with van der Waals surface area (Å²) in [7, 11) is 0.